The van der Waals surface area contributed by atoms with Crippen LogP contribution < -0.4 is 11.1 Å². The van der Waals surface area contributed by atoms with E-state index in [-0.39, 0.29) is 23.8 Å². The van der Waals surface area contributed by atoms with Gasteiger partial charge in [0.25, 0.3) is 0 Å². The summed E-state index contributed by atoms with van der Waals surface area (Å²) in [5.74, 6) is -0.393. The van der Waals surface area contributed by atoms with Gasteiger partial charge in [0, 0.05) is 33.1 Å². The monoisotopic (exact) mass is 229 g/mol. The van der Waals surface area contributed by atoms with E-state index >= 15 is 0 Å². The minimum atomic E-state index is -0.269. The number of ether oxygens (including phenoxy) is 1. The van der Waals surface area contributed by atoms with Crippen LogP contribution in [0.25, 0.3) is 0 Å². The molecule has 16 heavy (non-hydrogen) atoms. The highest BCUT2D eigenvalue weighted by Crippen LogP contribution is 2.14. The molecular weight excluding hydrogens is 210 g/mol. The van der Waals surface area contributed by atoms with Crippen LogP contribution >= 0.6 is 0 Å². The van der Waals surface area contributed by atoms with Gasteiger partial charge in [0.05, 0.1) is 19.1 Å². The third kappa shape index (κ3) is 3.18. The number of nitrogens with two attached hydrogens (primary N) is 1. The maximum Gasteiger partial charge on any atom is 0.229 e. The van der Waals surface area contributed by atoms with Gasteiger partial charge in [-0.05, 0) is 0 Å². The lowest BCUT2D eigenvalue weighted by molar-refractivity contribution is -0.134. The van der Waals surface area contributed by atoms with Crippen molar-refractivity contribution < 1.29 is 14.3 Å². The number of amides is 2. The number of nitrogens with zero attached hydrogens (tertiary/aromatic N) is 1. The van der Waals surface area contributed by atoms with E-state index in [0.29, 0.717) is 26.2 Å². The first-order valence-electron chi connectivity index (χ1n) is 5.35. The molecule has 92 valence electrons. The van der Waals surface area contributed by atoms with E-state index in [2.05, 4.69) is 5.32 Å². The third-order valence-corrected chi connectivity index (χ3v) is 2.77. The SMILES string of the molecule is CNC(=O)CCN(C)C(=O)C1COCC1N. The highest BCUT2D eigenvalue weighted by Gasteiger charge is 2.33. The van der Waals surface area contributed by atoms with E-state index in [1.807, 2.05) is 0 Å². The summed E-state index contributed by atoms with van der Waals surface area (Å²) in [6, 6.07) is -0.227. The Morgan fingerprint density at radius 3 is 2.69 bits per heavy atom. The molecule has 0 bridgehead atoms. The van der Waals surface area contributed by atoms with E-state index in [9.17, 15) is 9.59 Å². The van der Waals surface area contributed by atoms with Crippen LogP contribution in [0.1, 0.15) is 6.42 Å². The smallest absolute Gasteiger partial charge is 0.229 e. The number of hydrogen-bond donors (Lipinski definition) is 2. The Bertz CT molecular complexity index is 270. The molecule has 0 aromatic rings. The zero-order chi connectivity index (χ0) is 12.1. The zero-order valence-corrected chi connectivity index (χ0v) is 9.73. The van der Waals surface area contributed by atoms with Crippen LogP contribution in [0.3, 0.4) is 0 Å². The second-order valence-corrected chi connectivity index (χ2v) is 3.99. The number of carbonyl (C=O) groups excluding carboxylic acids is 2. The summed E-state index contributed by atoms with van der Waals surface area (Å²) in [5, 5.41) is 2.51. The molecule has 1 fully saturated rings. The largest absolute Gasteiger partial charge is 0.379 e. The second-order valence-electron chi connectivity index (χ2n) is 3.99. The van der Waals surface area contributed by atoms with Crippen molar-refractivity contribution in [2.45, 2.75) is 12.5 Å². The molecular formula is C10H19N3O3. The van der Waals surface area contributed by atoms with Crippen molar-refractivity contribution in [2.75, 3.05) is 33.9 Å². The highest BCUT2D eigenvalue weighted by atomic mass is 16.5. The van der Waals surface area contributed by atoms with Gasteiger partial charge >= 0.3 is 0 Å². The summed E-state index contributed by atoms with van der Waals surface area (Å²) < 4.78 is 5.14. The standard InChI is InChI=1S/C10H19N3O3/c1-12-9(14)3-4-13(2)10(15)7-5-16-6-8(7)11/h7-8H,3-6,11H2,1-2H3,(H,12,14). The van der Waals surface area contributed by atoms with E-state index in [1.165, 1.54) is 4.90 Å². The highest BCUT2D eigenvalue weighted by molar-refractivity contribution is 5.81. The van der Waals surface area contributed by atoms with Crippen molar-refractivity contribution in [2.24, 2.45) is 11.7 Å². The number of carbonyl (C=O) groups is 2. The quantitative estimate of drug-likeness (QED) is 0.618. The topological polar surface area (TPSA) is 84.7 Å². The molecule has 2 unspecified atom stereocenters. The van der Waals surface area contributed by atoms with E-state index in [0.717, 1.165) is 0 Å². The summed E-state index contributed by atoms with van der Waals surface area (Å²) in [5.41, 5.74) is 5.75. The van der Waals surface area contributed by atoms with Crippen LogP contribution in [-0.4, -0.2) is 56.6 Å². The third-order valence-electron chi connectivity index (χ3n) is 2.77. The van der Waals surface area contributed by atoms with E-state index < -0.39 is 0 Å². The van der Waals surface area contributed by atoms with E-state index in [1.54, 1.807) is 14.1 Å². The van der Waals surface area contributed by atoms with Gasteiger partial charge in [-0.25, -0.2) is 0 Å². The average Bonchev–Trinajstić information content (AvgIpc) is 2.70. The molecule has 2 amide bonds. The molecule has 1 aliphatic heterocycles. The van der Waals surface area contributed by atoms with Gasteiger partial charge in [-0.15, -0.1) is 0 Å². The van der Waals surface area contributed by atoms with Gasteiger partial charge in [0.2, 0.25) is 11.8 Å². The van der Waals surface area contributed by atoms with Crippen molar-refractivity contribution >= 4 is 11.8 Å². The van der Waals surface area contributed by atoms with Crippen molar-refractivity contribution in [3.63, 3.8) is 0 Å². The van der Waals surface area contributed by atoms with Gasteiger partial charge in [0.1, 0.15) is 0 Å². The van der Waals surface area contributed by atoms with Gasteiger partial charge in [-0.2, -0.15) is 0 Å². The lowest BCUT2D eigenvalue weighted by Gasteiger charge is -2.21. The van der Waals surface area contributed by atoms with E-state index in [4.69, 9.17) is 10.5 Å². The maximum atomic E-state index is 11.9. The molecule has 0 aromatic heterocycles. The predicted octanol–water partition coefficient (Wildman–Crippen LogP) is -1.45. The van der Waals surface area contributed by atoms with Crippen molar-refractivity contribution in [3.05, 3.63) is 0 Å². The average molecular weight is 229 g/mol. The molecule has 2 atom stereocenters. The fourth-order valence-corrected chi connectivity index (χ4v) is 1.61. The molecule has 0 radical (unpaired) electrons. The fourth-order valence-electron chi connectivity index (χ4n) is 1.61. The Morgan fingerprint density at radius 1 is 1.50 bits per heavy atom. The van der Waals surface area contributed by atoms with Crippen LogP contribution in [0.5, 0.6) is 0 Å². The molecule has 6 heteroatoms. The maximum absolute atomic E-state index is 11.9. The Hall–Kier alpha value is -1.14. The lowest BCUT2D eigenvalue weighted by atomic mass is 10.0. The normalized spacial score (nSPS) is 24.2. The molecule has 1 rings (SSSR count). The van der Waals surface area contributed by atoms with Crippen LogP contribution in [0.2, 0.25) is 0 Å². The van der Waals surface area contributed by atoms with Gasteiger partial charge < -0.3 is 20.7 Å². The summed E-state index contributed by atoms with van der Waals surface area (Å²) in [6.07, 6.45) is 0.307. The predicted molar refractivity (Wildman–Crippen MR) is 58.6 cm³/mol. The summed E-state index contributed by atoms with van der Waals surface area (Å²) in [6.45, 7) is 1.21. The Morgan fingerprint density at radius 2 is 2.19 bits per heavy atom. The summed E-state index contributed by atoms with van der Waals surface area (Å²) >= 11 is 0. The molecule has 1 saturated heterocycles. The number of rotatable bonds is 4. The molecule has 0 saturated carbocycles. The molecule has 0 spiro atoms. The van der Waals surface area contributed by atoms with Crippen LogP contribution in [0, 0.1) is 5.92 Å². The second kappa shape index (κ2) is 5.81. The Balaban J connectivity index is 2.38. The van der Waals surface area contributed by atoms with Crippen LogP contribution in [-0.2, 0) is 14.3 Å². The van der Waals surface area contributed by atoms with Crippen molar-refractivity contribution in [1.82, 2.24) is 10.2 Å². The minimum absolute atomic E-state index is 0.0473. The lowest BCUT2D eigenvalue weighted by Crippen LogP contribution is -2.42. The molecule has 6 nitrogen and oxygen atoms in total. The van der Waals surface area contributed by atoms with Crippen molar-refractivity contribution in [3.8, 4) is 0 Å². The van der Waals surface area contributed by atoms with Gasteiger partial charge in [-0.3, -0.25) is 9.59 Å². The van der Waals surface area contributed by atoms with Crippen LogP contribution in [0.4, 0.5) is 0 Å². The fraction of sp³-hybridized carbons (Fsp3) is 0.800. The number of hydrogen-bond acceptors (Lipinski definition) is 4. The summed E-state index contributed by atoms with van der Waals surface area (Å²) in [4.78, 5) is 24.5. The Kier molecular flexibility index (Phi) is 4.70. The first kappa shape index (κ1) is 12.9. The molecule has 3 N–H and O–H groups in total. The Labute approximate surface area is 95.1 Å². The molecule has 1 heterocycles. The van der Waals surface area contributed by atoms with Gasteiger partial charge in [0.15, 0.2) is 0 Å². The molecule has 1 aliphatic rings. The van der Waals surface area contributed by atoms with Crippen molar-refractivity contribution in [1.29, 1.82) is 0 Å². The molecule has 0 aromatic carbocycles. The van der Waals surface area contributed by atoms with Crippen LogP contribution in [0.15, 0.2) is 0 Å². The zero-order valence-electron chi connectivity index (χ0n) is 9.73. The minimum Gasteiger partial charge on any atom is -0.379 e. The summed E-state index contributed by atoms with van der Waals surface area (Å²) in [7, 11) is 3.25. The van der Waals surface area contributed by atoms with Gasteiger partial charge in [-0.1, -0.05) is 0 Å². The first-order chi connectivity index (χ1) is 7.56. The molecule has 0 aliphatic carbocycles. The number of nitrogens with one attached hydrogen (secondary N) is 1. The first-order valence-corrected chi connectivity index (χ1v) is 5.35.